The number of nitrogens with zero attached hydrogens (tertiary/aromatic N) is 3. The lowest BCUT2D eigenvalue weighted by molar-refractivity contribution is -0.131. The van der Waals surface area contributed by atoms with Gasteiger partial charge < -0.3 is 20.4 Å². The van der Waals surface area contributed by atoms with E-state index in [2.05, 4.69) is 44.3 Å². The molecule has 9 heteroatoms. The number of amides is 1. The Bertz CT molecular complexity index is 823. The Balaban J connectivity index is 0.00000341. The summed E-state index contributed by atoms with van der Waals surface area (Å²) in [6.07, 6.45) is 0.428. The molecule has 0 spiro atoms. The molecule has 1 aromatic carbocycles. The maximum atomic E-state index is 13.1. The highest BCUT2D eigenvalue weighted by atomic mass is 127. The number of thiophene rings is 1. The van der Waals surface area contributed by atoms with Gasteiger partial charge in [0.25, 0.3) is 0 Å². The van der Waals surface area contributed by atoms with E-state index in [4.69, 9.17) is 0 Å². The van der Waals surface area contributed by atoms with Crippen molar-refractivity contribution >= 4 is 52.9 Å². The number of halogens is 2. The molecule has 0 saturated carbocycles. The first-order chi connectivity index (χ1) is 14.6. The Morgan fingerprint density at radius 3 is 2.48 bits per heavy atom. The normalized spacial score (nSPS) is 15.3. The molecule has 1 atom stereocenters. The number of hydrogen-bond acceptors (Lipinski definition) is 4. The number of rotatable bonds is 7. The molecule has 1 fully saturated rings. The third-order valence-corrected chi connectivity index (χ3v) is 6.07. The SMILES string of the molecule is CN=C(NCCC(=O)N1CCN(c2ccc(F)cc2)CC1)NCC(C)c1ccsc1.I. The van der Waals surface area contributed by atoms with E-state index < -0.39 is 0 Å². The van der Waals surface area contributed by atoms with Gasteiger partial charge in [0.1, 0.15) is 5.82 Å². The summed E-state index contributed by atoms with van der Waals surface area (Å²) in [7, 11) is 1.74. The highest BCUT2D eigenvalue weighted by molar-refractivity contribution is 14.0. The number of hydrogen-bond donors (Lipinski definition) is 2. The van der Waals surface area contributed by atoms with Gasteiger partial charge in [0, 0.05) is 58.4 Å². The molecule has 0 aliphatic carbocycles. The second-order valence-electron chi connectivity index (χ2n) is 7.43. The summed E-state index contributed by atoms with van der Waals surface area (Å²) in [6.45, 7) is 6.39. The summed E-state index contributed by atoms with van der Waals surface area (Å²) in [6, 6.07) is 8.66. The zero-order chi connectivity index (χ0) is 21.3. The average molecular weight is 559 g/mol. The largest absolute Gasteiger partial charge is 0.368 e. The predicted octanol–water partition coefficient (Wildman–Crippen LogP) is 3.51. The van der Waals surface area contributed by atoms with E-state index in [0.717, 1.165) is 25.3 Å². The molecule has 170 valence electrons. The van der Waals surface area contributed by atoms with Crippen LogP contribution in [0, 0.1) is 5.82 Å². The number of carbonyl (C=O) groups excluding carboxylic acids is 1. The summed E-state index contributed by atoms with van der Waals surface area (Å²) >= 11 is 1.70. The molecule has 1 aliphatic rings. The number of anilines is 1. The van der Waals surface area contributed by atoms with Gasteiger partial charge in [0.05, 0.1) is 0 Å². The molecule has 1 aromatic heterocycles. The van der Waals surface area contributed by atoms with Crippen LogP contribution in [0.25, 0.3) is 0 Å². The molecule has 1 aliphatic heterocycles. The monoisotopic (exact) mass is 559 g/mol. The van der Waals surface area contributed by atoms with Crippen molar-refractivity contribution in [3.05, 3.63) is 52.5 Å². The second kappa shape index (κ2) is 12.8. The second-order valence-corrected chi connectivity index (χ2v) is 8.21. The lowest BCUT2D eigenvalue weighted by Crippen LogP contribution is -2.49. The number of carbonyl (C=O) groups is 1. The lowest BCUT2D eigenvalue weighted by atomic mass is 10.1. The topological polar surface area (TPSA) is 60.0 Å². The molecule has 1 amide bonds. The molecule has 2 aromatic rings. The molecule has 1 unspecified atom stereocenters. The standard InChI is InChI=1S/C22H30FN5OS.HI/c1-17(18-8-14-30-16-18)15-26-22(24-2)25-9-7-21(29)28-12-10-27(11-13-28)20-5-3-19(23)4-6-20;/h3-6,8,14,16-17H,7,9-13,15H2,1-2H3,(H2,24,25,26);1H. The van der Waals surface area contributed by atoms with Crippen molar-refractivity contribution in [2.24, 2.45) is 4.99 Å². The molecule has 1 saturated heterocycles. The molecule has 0 radical (unpaired) electrons. The first-order valence-corrected chi connectivity index (χ1v) is 11.3. The van der Waals surface area contributed by atoms with Crippen molar-refractivity contribution < 1.29 is 9.18 Å². The van der Waals surface area contributed by atoms with Crippen LogP contribution in [0.4, 0.5) is 10.1 Å². The van der Waals surface area contributed by atoms with Crippen LogP contribution in [-0.2, 0) is 4.79 Å². The fraction of sp³-hybridized carbons (Fsp3) is 0.455. The Morgan fingerprint density at radius 2 is 1.87 bits per heavy atom. The van der Waals surface area contributed by atoms with Crippen molar-refractivity contribution in [3.63, 3.8) is 0 Å². The minimum atomic E-state index is -0.231. The number of aliphatic imine (C=N–C) groups is 1. The summed E-state index contributed by atoms with van der Waals surface area (Å²) in [4.78, 5) is 20.9. The van der Waals surface area contributed by atoms with Crippen LogP contribution in [0.5, 0.6) is 0 Å². The average Bonchev–Trinajstić information content (AvgIpc) is 3.31. The van der Waals surface area contributed by atoms with E-state index >= 15 is 0 Å². The molecular weight excluding hydrogens is 528 g/mol. The van der Waals surface area contributed by atoms with Gasteiger partial charge in [-0.2, -0.15) is 11.3 Å². The summed E-state index contributed by atoms with van der Waals surface area (Å²) < 4.78 is 13.1. The summed E-state index contributed by atoms with van der Waals surface area (Å²) in [5, 5.41) is 10.8. The van der Waals surface area contributed by atoms with Gasteiger partial charge in [0.2, 0.25) is 5.91 Å². The van der Waals surface area contributed by atoms with Gasteiger partial charge in [-0.05, 0) is 52.6 Å². The maximum absolute atomic E-state index is 13.1. The maximum Gasteiger partial charge on any atom is 0.224 e. The fourth-order valence-electron chi connectivity index (χ4n) is 3.46. The van der Waals surface area contributed by atoms with Crippen LogP contribution in [0.15, 0.2) is 46.1 Å². The van der Waals surface area contributed by atoms with Crippen molar-refractivity contribution in [2.75, 3.05) is 51.2 Å². The Labute approximate surface area is 204 Å². The van der Waals surface area contributed by atoms with E-state index in [1.165, 1.54) is 17.7 Å². The van der Waals surface area contributed by atoms with Gasteiger partial charge in [0.15, 0.2) is 5.96 Å². The third kappa shape index (κ3) is 7.64. The van der Waals surface area contributed by atoms with Crippen molar-refractivity contribution in [3.8, 4) is 0 Å². The molecule has 3 rings (SSSR count). The molecule has 0 bridgehead atoms. The van der Waals surface area contributed by atoms with E-state index in [0.29, 0.717) is 37.9 Å². The van der Waals surface area contributed by atoms with Crippen molar-refractivity contribution in [1.29, 1.82) is 0 Å². The molecular formula is C22H31FIN5OS. The number of benzene rings is 1. The third-order valence-electron chi connectivity index (χ3n) is 5.37. The van der Waals surface area contributed by atoms with E-state index in [1.54, 1.807) is 30.5 Å². The van der Waals surface area contributed by atoms with Crippen LogP contribution < -0.4 is 15.5 Å². The molecule has 2 heterocycles. The van der Waals surface area contributed by atoms with E-state index in [1.807, 2.05) is 4.90 Å². The van der Waals surface area contributed by atoms with Crippen LogP contribution in [0.2, 0.25) is 0 Å². The minimum absolute atomic E-state index is 0. The highest BCUT2D eigenvalue weighted by Crippen LogP contribution is 2.18. The smallest absolute Gasteiger partial charge is 0.224 e. The molecule has 6 nitrogen and oxygen atoms in total. The molecule has 31 heavy (non-hydrogen) atoms. The molecule has 2 N–H and O–H groups in total. The van der Waals surface area contributed by atoms with Crippen molar-refractivity contribution in [2.45, 2.75) is 19.3 Å². The Morgan fingerprint density at radius 1 is 1.16 bits per heavy atom. The minimum Gasteiger partial charge on any atom is -0.368 e. The quantitative estimate of drug-likeness (QED) is 0.310. The Kier molecular flexibility index (Phi) is 10.5. The number of guanidine groups is 1. The number of piperazine rings is 1. The van der Waals surface area contributed by atoms with Gasteiger partial charge >= 0.3 is 0 Å². The first-order valence-electron chi connectivity index (χ1n) is 10.3. The summed E-state index contributed by atoms with van der Waals surface area (Å²) in [5.74, 6) is 1.02. The van der Waals surface area contributed by atoms with Crippen LogP contribution in [-0.4, -0.2) is 63.1 Å². The first kappa shape index (κ1) is 25.4. The van der Waals surface area contributed by atoms with E-state index in [9.17, 15) is 9.18 Å². The van der Waals surface area contributed by atoms with E-state index in [-0.39, 0.29) is 35.7 Å². The Hall–Kier alpha value is -1.88. The van der Waals surface area contributed by atoms with Gasteiger partial charge in [-0.1, -0.05) is 6.92 Å². The lowest BCUT2D eigenvalue weighted by Gasteiger charge is -2.36. The summed E-state index contributed by atoms with van der Waals surface area (Å²) in [5.41, 5.74) is 2.31. The van der Waals surface area contributed by atoms with Crippen LogP contribution >= 0.6 is 35.3 Å². The van der Waals surface area contributed by atoms with Crippen LogP contribution in [0.1, 0.15) is 24.8 Å². The number of nitrogens with one attached hydrogen (secondary N) is 2. The van der Waals surface area contributed by atoms with Gasteiger partial charge in [-0.3, -0.25) is 9.79 Å². The van der Waals surface area contributed by atoms with Gasteiger partial charge in [-0.15, -0.1) is 24.0 Å². The zero-order valence-corrected chi connectivity index (χ0v) is 21.2. The zero-order valence-electron chi connectivity index (χ0n) is 18.0. The fourth-order valence-corrected chi connectivity index (χ4v) is 4.24. The predicted molar refractivity (Wildman–Crippen MR) is 137 cm³/mol. The highest BCUT2D eigenvalue weighted by Gasteiger charge is 2.21. The van der Waals surface area contributed by atoms with Gasteiger partial charge in [-0.25, -0.2) is 4.39 Å². The van der Waals surface area contributed by atoms with Crippen molar-refractivity contribution in [1.82, 2.24) is 15.5 Å². The van der Waals surface area contributed by atoms with Crippen LogP contribution in [0.3, 0.4) is 0 Å².